The van der Waals surface area contributed by atoms with E-state index in [1.807, 2.05) is 64.1 Å². The molecule has 9 nitrogen and oxygen atoms in total. The van der Waals surface area contributed by atoms with Crippen LogP contribution in [0.4, 0.5) is 14.6 Å². The van der Waals surface area contributed by atoms with Crippen molar-refractivity contribution in [3.8, 4) is 22.6 Å². The van der Waals surface area contributed by atoms with Gasteiger partial charge >= 0.3 is 0 Å². The van der Waals surface area contributed by atoms with Gasteiger partial charge in [0.1, 0.15) is 5.82 Å². The number of thioether (sulfide) groups is 1. The number of ether oxygens (including phenoxy) is 2. The molecule has 0 unspecified atom stereocenters. The predicted molar refractivity (Wildman–Crippen MR) is 173 cm³/mol. The molecule has 2 aromatic heterocycles. The normalized spacial score (nSPS) is 18.4. The molecule has 242 valence electrons. The first-order chi connectivity index (χ1) is 21.4. The lowest BCUT2D eigenvalue weighted by Crippen LogP contribution is -2.49. The Labute approximate surface area is 266 Å². The number of piperidine rings is 1. The highest BCUT2D eigenvalue weighted by molar-refractivity contribution is 7.98. The average molecular weight is 642 g/mol. The number of aromatic amines is 1. The highest BCUT2D eigenvalue weighted by Gasteiger charge is 2.47. The monoisotopic (exact) mass is 641 g/mol. The summed E-state index contributed by atoms with van der Waals surface area (Å²) >= 11 is 1.45. The number of nitrogens with one attached hydrogen (secondary N) is 2. The first-order valence-electron chi connectivity index (χ1n) is 15.2. The molecule has 1 amide bonds. The number of aryl methyl sites for hydroxylation is 1. The Morgan fingerprint density at radius 1 is 1.22 bits per heavy atom. The van der Waals surface area contributed by atoms with E-state index in [9.17, 15) is 18.4 Å². The first-order valence-corrected chi connectivity index (χ1v) is 16.4. The summed E-state index contributed by atoms with van der Waals surface area (Å²) in [4.78, 5) is 38.5. The summed E-state index contributed by atoms with van der Waals surface area (Å²) in [6, 6.07) is 7.55. The molecule has 0 aliphatic carbocycles. The molecule has 0 spiro atoms. The summed E-state index contributed by atoms with van der Waals surface area (Å²) < 4.78 is 39.2. The Bertz CT molecular complexity index is 1610. The summed E-state index contributed by atoms with van der Waals surface area (Å²) in [5, 5.41) is 2.94. The maximum Gasteiger partial charge on any atom is 0.254 e. The van der Waals surface area contributed by atoms with Crippen LogP contribution in [0.1, 0.15) is 53.9 Å². The topological polar surface area (TPSA) is 99.8 Å². The first kappa shape index (κ1) is 32.7. The van der Waals surface area contributed by atoms with E-state index in [2.05, 4.69) is 15.3 Å². The molecular weight excluding hydrogens is 600 g/mol. The summed E-state index contributed by atoms with van der Waals surface area (Å²) in [6.07, 6.45) is 2.56. The number of carbonyl (C=O) groups is 1. The third kappa shape index (κ3) is 6.81. The zero-order valence-corrected chi connectivity index (χ0v) is 27.4. The van der Waals surface area contributed by atoms with E-state index in [1.165, 1.54) is 11.8 Å². The molecule has 3 aromatic rings. The van der Waals surface area contributed by atoms with Crippen LogP contribution in [-0.4, -0.2) is 72.5 Å². The van der Waals surface area contributed by atoms with Crippen molar-refractivity contribution in [1.82, 2.24) is 20.2 Å². The van der Waals surface area contributed by atoms with Crippen LogP contribution >= 0.6 is 11.8 Å². The fourth-order valence-corrected chi connectivity index (χ4v) is 6.77. The van der Waals surface area contributed by atoms with Crippen LogP contribution in [0.25, 0.3) is 11.1 Å². The largest absolute Gasteiger partial charge is 0.448 e. The Kier molecular flexibility index (Phi) is 9.74. The molecule has 1 fully saturated rings. The number of fused-ring (bicyclic) bond motifs is 1. The molecule has 2 N–H and O–H groups in total. The van der Waals surface area contributed by atoms with Gasteiger partial charge in [-0.15, -0.1) is 11.8 Å². The minimum atomic E-state index is -2.37. The van der Waals surface area contributed by atoms with Gasteiger partial charge in [0, 0.05) is 77.6 Å². The van der Waals surface area contributed by atoms with Gasteiger partial charge in [-0.3, -0.25) is 14.5 Å². The molecule has 12 heteroatoms. The van der Waals surface area contributed by atoms with Crippen molar-refractivity contribution in [2.45, 2.75) is 64.2 Å². The Morgan fingerprint density at radius 3 is 2.56 bits per heavy atom. The van der Waals surface area contributed by atoms with E-state index >= 15 is 0 Å². The molecule has 1 saturated heterocycles. The third-order valence-electron chi connectivity index (χ3n) is 8.86. The van der Waals surface area contributed by atoms with Gasteiger partial charge in [0.2, 0.25) is 0 Å². The fourth-order valence-electron chi connectivity index (χ4n) is 6.07. The number of rotatable bonds is 10. The van der Waals surface area contributed by atoms with Gasteiger partial charge < -0.3 is 24.7 Å². The summed E-state index contributed by atoms with van der Waals surface area (Å²) in [7, 11) is 1.96. The van der Waals surface area contributed by atoms with E-state index in [4.69, 9.17) is 9.47 Å². The van der Waals surface area contributed by atoms with Crippen LogP contribution in [0.5, 0.6) is 11.5 Å². The van der Waals surface area contributed by atoms with Gasteiger partial charge in [-0.05, 0) is 77.2 Å². The zero-order valence-electron chi connectivity index (χ0n) is 26.6. The predicted octanol–water partition coefficient (Wildman–Crippen LogP) is 5.63. The van der Waals surface area contributed by atoms with Crippen molar-refractivity contribution in [2.75, 3.05) is 44.4 Å². The molecule has 0 saturated carbocycles. The molecular formula is C33H41F2N5O4S. The SMILES string of the molecule is CCN(C)c1ccc(-c2cc(C(=O)NCc3c(SC)cc(C)[nH]c3=O)c(C)c3c2O[C@](C)(C2CCN(CC(F)F)CC2)O3)cn1. The molecule has 5 rings (SSSR count). The van der Waals surface area contributed by atoms with Gasteiger partial charge in [-0.1, -0.05) is 0 Å². The van der Waals surface area contributed by atoms with Crippen molar-refractivity contribution in [1.29, 1.82) is 0 Å². The molecule has 2 aliphatic rings. The summed E-state index contributed by atoms with van der Waals surface area (Å²) in [6.45, 7) is 9.24. The number of nitrogens with zero attached hydrogens (tertiary/aromatic N) is 3. The van der Waals surface area contributed by atoms with Crippen molar-refractivity contribution in [3.63, 3.8) is 0 Å². The number of aromatic nitrogens is 2. The van der Waals surface area contributed by atoms with E-state index < -0.39 is 12.2 Å². The van der Waals surface area contributed by atoms with Gasteiger partial charge in [0.15, 0.2) is 11.5 Å². The minimum absolute atomic E-state index is 0.0414. The number of pyridine rings is 2. The highest BCUT2D eigenvalue weighted by atomic mass is 32.2. The number of halogens is 2. The number of H-pyrrole nitrogens is 1. The van der Waals surface area contributed by atoms with Crippen molar-refractivity contribution in [3.05, 3.63) is 63.2 Å². The van der Waals surface area contributed by atoms with Crippen LogP contribution in [0.15, 0.2) is 40.2 Å². The van der Waals surface area contributed by atoms with Gasteiger partial charge in [0.25, 0.3) is 23.7 Å². The number of carbonyl (C=O) groups excluding carboxylic acids is 1. The Morgan fingerprint density at radius 2 is 1.93 bits per heavy atom. The molecule has 4 heterocycles. The van der Waals surface area contributed by atoms with Crippen LogP contribution in [0.3, 0.4) is 0 Å². The molecule has 1 atom stereocenters. The van der Waals surface area contributed by atoms with Crippen LogP contribution in [0, 0.1) is 19.8 Å². The minimum Gasteiger partial charge on any atom is -0.448 e. The second-order valence-electron chi connectivity index (χ2n) is 11.9. The van der Waals surface area contributed by atoms with Crippen molar-refractivity contribution in [2.24, 2.45) is 5.92 Å². The lowest BCUT2D eigenvalue weighted by Gasteiger charge is -2.38. The Balaban J connectivity index is 1.48. The lowest BCUT2D eigenvalue weighted by molar-refractivity contribution is -0.126. The number of likely N-dealkylation sites (tertiary alicyclic amines) is 1. The average Bonchev–Trinajstić information content (AvgIpc) is 3.39. The quantitative estimate of drug-likeness (QED) is 0.275. The van der Waals surface area contributed by atoms with Gasteiger partial charge in [-0.2, -0.15) is 0 Å². The fraction of sp³-hybridized carbons (Fsp3) is 0.485. The standard InChI is InChI=1S/C33H41F2N5O4S/c1-7-39(5)28-9-8-21(16-36-28)24-15-23(31(41)37-17-25-26(45-6)14-19(2)38-32(25)42)20(3)29-30(24)44-33(4,43-29)22-10-12-40(13-11-22)18-27(34)35/h8-9,14-16,22,27H,7,10-13,17-18H2,1-6H3,(H,37,41)(H,38,42)/t33-/m1/s1. The number of hydrogen-bond acceptors (Lipinski definition) is 8. The third-order valence-corrected chi connectivity index (χ3v) is 9.67. The molecule has 0 bridgehead atoms. The molecule has 2 aliphatic heterocycles. The number of anilines is 1. The smallest absolute Gasteiger partial charge is 0.254 e. The van der Waals surface area contributed by atoms with E-state index in [0.29, 0.717) is 59.7 Å². The highest BCUT2D eigenvalue weighted by Crippen LogP contribution is 2.52. The second-order valence-corrected chi connectivity index (χ2v) is 12.7. The number of alkyl halides is 2. The van der Waals surface area contributed by atoms with Crippen LogP contribution in [0.2, 0.25) is 0 Å². The number of hydrogen-bond donors (Lipinski definition) is 2. The number of benzene rings is 1. The van der Waals surface area contributed by atoms with Gasteiger partial charge in [0.05, 0.1) is 6.54 Å². The summed E-state index contributed by atoms with van der Waals surface area (Å²) in [5.41, 5.74) is 3.44. The van der Waals surface area contributed by atoms with Crippen molar-refractivity contribution < 1.29 is 23.0 Å². The molecule has 0 radical (unpaired) electrons. The van der Waals surface area contributed by atoms with Crippen LogP contribution < -0.4 is 25.2 Å². The molecule has 1 aromatic carbocycles. The maximum absolute atomic E-state index is 13.8. The maximum atomic E-state index is 13.8. The van der Waals surface area contributed by atoms with E-state index in [1.54, 1.807) is 17.2 Å². The zero-order chi connectivity index (χ0) is 32.5. The second kappa shape index (κ2) is 13.4. The van der Waals surface area contributed by atoms with Crippen LogP contribution in [-0.2, 0) is 6.54 Å². The number of amides is 1. The van der Waals surface area contributed by atoms with E-state index in [0.717, 1.165) is 28.5 Å². The van der Waals surface area contributed by atoms with Crippen molar-refractivity contribution >= 4 is 23.5 Å². The summed E-state index contributed by atoms with van der Waals surface area (Å²) in [5.74, 6) is 0.388. The molecule has 45 heavy (non-hydrogen) atoms. The van der Waals surface area contributed by atoms with E-state index in [-0.39, 0.29) is 30.5 Å². The Hall–Kier alpha value is -3.64. The van der Waals surface area contributed by atoms with Gasteiger partial charge in [-0.25, -0.2) is 13.8 Å². The lowest BCUT2D eigenvalue weighted by atomic mass is 9.89.